The van der Waals surface area contributed by atoms with Crippen LogP contribution in [0.2, 0.25) is 0 Å². The van der Waals surface area contributed by atoms with Gasteiger partial charge in [0.15, 0.2) is 0 Å². The summed E-state index contributed by atoms with van der Waals surface area (Å²) in [4.78, 5) is 2.21. The summed E-state index contributed by atoms with van der Waals surface area (Å²) in [6, 6.07) is 53.7. The fourth-order valence-electron chi connectivity index (χ4n) is 5.69. The summed E-state index contributed by atoms with van der Waals surface area (Å²) in [5, 5.41) is 21.2. The van der Waals surface area contributed by atoms with Gasteiger partial charge in [-0.15, -0.1) is 0 Å². The molecular weight excluding hydrogens is 512 g/mol. The van der Waals surface area contributed by atoms with Crippen LogP contribution in [0.25, 0.3) is 38.6 Å². The van der Waals surface area contributed by atoms with Crippen molar-refractivity contribution in [3.8, 4) is 29.0 Å². The van der Waals surface area contributed by atoms with Crippen LogP contribution < -0.4 is 4.90 Å². The molecule has 0 aliphatic rings. The lowest BCUT2D eigenvalue weighted by molar-refractivity contribution is 1.18. The van der Waals surface area contributed by atoms with Gasteiger partial charge in [-0.3, -0.25) is 0 Å². The zero-order valence-electron chi connectivity index (χ0n) is 22.6. The van der Waals surface area contributed by atoms with Crippen LogP contribution in [0.1, 0.15) is 11.1 Å². The summed E-state index contributed by atoms with van der Waals surface area (Å²) < 4.78 is 2.33. The Kier molecular flexibility index (Phi) is 6.21. The minimum atomic E-state index is 0.600. The van der Waals surface area contributed by atoms with Crippen molar-refractivity contribution in [2.75, 3.05) is 4.90 Å². The van der Waals surface area contributed by atoms with Crippen molar-refractivity contribution >= 4 is 38.9 Å². The molecule has 0 saturated carbocycles. The summed E-state index contributed by atoms with van der Waals surface area (Å²) >= 11 is 0. The van der Waals surface area contributed by atoms with E-state index >= 15 is 0 Å². The summed E-state index contributed by atoms with van der Waals surface area (Å²) in [6.07, 6.45) is 0. The van der Waals surface area contributed by atoms with Gasteiger partial charge in [0.2, 0.25) is 0 Å². The van der Waals surface area contributed by atoms with Crippen LogP contribution in [0.15, 0.2) is 146 Å². The number of hydrogen-bond acceptors (Lipinski definition) is 3. The second-order valence-electron chi connectivity index (χ2n) is 10.1. The van der Waals surface area contributed by atoms with E-state index in [1.165, 1.54) is 0 Å². The molecule has 7 rings (SSSR count). The molecule has 0 aliphatic carbocycles. The molecule has 6 aromatic carbocycles. The number of rotatable bonds is 5. The van der Waals surface area contributed by atoms with Crippen LogP contribution in [-0.4, -0.2) is 4.57 Å². The van der Waals surface area contributed by atoms with Crippen molar-refractivity contribution in [3.05, 3.63) is 157 Å². The van der Waals surface area contributed by atoms with Gasteiger partial charge >= 0.3 is 0 Å². The second kappa shape index (κ2) is 10.5. The third kappa shape index (κ3) is 4.25. The molecule has 1 heterocycles. The number of anilines is 3. The number of para-hydroxylation sites is 2. The van der Waals surface area contributed by atoms with E-state index in [9.17, 15) is 10.5 Å². The maximum Gasteiger partial charge on any atom is 0.0991 e. The van der Waals surface area contributed by atoms with Crippen LogP contribution in [0.5, 0.6) is 0 Å². The predicted octanol–water partition coefficient (Wildman–Crippen LogP) is 9.66. The minimum absolute atomic E-state index is 0.600. The van der Waals surface area contributed by atoms with E-state index in [1.807, 2.05) is 60.7 Å². The number of benzene rings is 6. The van der Waals surface area contributed by atoms with Gasteiger partial charge in [0.1, 0.15) is 0 Å². The fraction of sp³-hybridized carbons (Fsp3) is 0. The lowest BCUT2D eigenvalue weighted by Crippen LogP contribution is -2.11. The SMILES string of the molecule is N#Cc1ccc(N(c2ccc(C#N)cc2)c2cc3c4ccccc4n(-c4ccccc4)c3cc2-c2ccccc2)cc1. The van der Waals surface area contributed by atoms with Crippen LogP contribution in [0, 0.1) is 22.7 Å². The molecule has 0 unspecified atom stereocenters. The minimum Gasteiger partial charge on any atom is -0.310 e. The highest BCUT2D eigenvalue weighted by Gasteiger charge is 2.22. The number of fused-ring (bicyclic) bond motifs is 3. The highest BCUT2D eigenvalue weighted by molar-refractivity contribution is 6.13. The van der Waals surface area contributed by atoms with E-state index in [1.54, 1.807) is 0 Å². The number of nitriles is 2. The largest absolute Gasteiger partial charge is 0.310 e. The Morgan fingerprint density at radius 2 is 1.05 bits per heavy atom. The molecule has 0 amide bonds. The molecule has 0 atom stereocenters. The molecule has 4 heteroatoms. The van der Waals surface area contributed by atoms with Gasteiger partial charge in [-0.2, -0.15) is 10.5 Å². The van der Waals surface area contributed by atoms with E-state index in [4.69, 9.17) is 0 Å². The first-order chi connectivity index (χ1) is 20.7. The van der Waals surface area contributed by atoms with Gasteiger partial charge in [-0.05, 0) is 84.4 Å². The summed E-state index contributed by atoms with van der Waals surface area (Å²) in [6.45, 7) is 0. The Balaban J connectivity index is 1.59. The van der Waals surface area contributed by atoms with Crippen molar-refractivity contribution < 1.29 is 0 Å². The lowest BCUT2D eigenvalue weighted by Gasteiger charge is -2.28. The van der Waals surface area contributed by atoms with Crippen molar-refractivity contribution in [2.45, 2.75) is 0 Å². The zero-order valence-corrected chi connectivity index (χ0v) is 22.6. The zero-order chi connectivity index (χ0) is 28.5. The molecule has 0 N–H and O–H groups in total. The van der Waals surface area contributed by atoms with Crippen LogP contribution in [-0.2, 0) is 0 Å². The molecule has 0 aliphatic heterocycles. The van der Waals surface area contributed by atoms with Crippen molar-refractivity contribution in [1.82, 2.24) is 4.57 Å². The molecule has 196 valence electrons. The van der Waals surface area contributed by atoms with E-state index in [2.05, 4.69) is 107 Å². The summed E-state index contributed by atoms with van der Waals surface area (Å²) in [5.41, 5.74) is 9.55. The second-order valence-corrected chi connectivity index (χ2v) is 10.1. The average Bonchev–Trinajstić information content (AvgIpc) is 3.39. The number of hydrogen-bond donors (Lipinski definition) is 0. The molecule has 0 bridgehead atoms. The van der Waals surface area contributed by atoms with Gasteiger partial charge in [-0.25, -0.2) is 0 Å². The monoisotopic (exact) mass is 536 g/mol. The highest BCUT2D eigenvalue weighted by Crippen LogP contribution is 2.45. The van der Waals surface area contributed by atoms with Crippen molar-refractivity contribution in [2.24, 2.45) is 0 Å². The predicted molar refractivity (Wildman–Crippen MR) is 170 cm³/mol. The molecule has 0 radical (unpaired) electrons. The lowest BCUT2D eigenvalue weighted by atomic mass is 9.99. The first kappa shape index (κ1) is 24.9. The topological polar surface area (TPSA) is 55.8 Å². The van der Waals surface area contributed by atoms with Crippen LogP contribution in [0.3, 0.4) is 0 Å². The summed E-state index contributed by atoms with van der Waals surface area (Å²) in [7, 11) is 0. The highest BCUT2D eigenvalue weighted by atomic mass is 15.1. The van der Waals surface area contributed by atoms with Gasteiger partial charge in [0.25, 0.3) is 0 Å². The Labute approximate surface area is 244 Å². The van der Waals surface area contributed by atoms with Gasteiger partial charge < -0.3 is 9.47 Å². The molecule has 0 saturated heterocycles. The third-order valence-corrected chi connectivity index (χ3v) is 7.64. The Bertz CT molecular complexity index is 2070. The van der Waals surface area contributed by atoms with E-state index in [-0.39, 0.29) is 0 Å². The molecule has 1 aromatic heterocycles. The Hall–Kier alpha value is -6.10. The first-order valence-electron chi connectivity index (χ1n) is 13.7. The van der Waals surface area contributed by atoms with E-state index in [0.717, 1.165) is 55.7 Å². The smallest absolute Gasteiger partial charge is 0.0991 e. The molecule has 0 spiro atoms. The maximum absolute atomic E-state index is 9.47. The third-order valence-electron chi connectivity index (χ3n) is 7.64. The van der Waals surface area contributed by atoms with Crippen LogP contribution in [0.4, 0.5) is 17.1 Å². The standard InChI is InChI=1S/C38H24N4/c39-25-27-15-19-31(20-16-27)41(32-21-17-28(26-40)18-22-32)37-24-35-33-13-7-8-14-36(33)42(30-11-5-2-6-12-30)38(35)23-34(37)29-9-3-1-4-10-29/h1-24H. The number of nitrogens with zero attached hydrogens (tertiary/aromatic N) is 4. The Morgan fingerprint density at radius 1 is 0.500 bits per heavy atom. The van der Waals surface area contributed by atoms with Crippen molar-refractivity contribution in [3.63, 3.8) is 0 Å². The molecule has 7 aromatic rings. The maximum atomic E-state index is 9.47. The summed E-state index contributed by atoms with van der Waals surface area (Å²) in [5.74, 6) is 0. The molecule has 4 nitrogen and oxygen atoms in total. The quantitative estimate of drug-likeness (QED) is 0.220. The van der Waals surface area contributed by atoms with Gasteiger partial charge in [-0.1, -0.05) is 66.7 Å². The van der Waals surface area contributed by atoms with Crippen LogP contribution >= 0.6 is 0 Å². The Morgan fingerprint density at radius 3 is 1.64 bits per heavy atom. The van der Waals surface area contributed by atoms with Gasteiger partial charge in [0, 0.05) is 33.4 Å². The average molecular weight is 537 g/mol. The number of aromatic nitrogens is 1. The molecule has 0 fully saturated rings. The van der Waals surface area contributed by atoms with Crippen molar-refractivity contribution in [1.29, 1.82) is 10.5 Å². The van der Waals surface area contributed by atoms with Gasteiger partial charge in [0.05, 0.1) is 40.0 Å². The fourth-order valence-corrected chi connectivity index (χ4v) is 5.69. The normalized spacial score (nSPS) is 10.8. The van der Waals surface area contributed by atoms with E-state index in [0.29, 0.717) is 11.1 Å². The first-order valence-corrected chi connectivity index (χ1v) is 13.7. The molecular formula is C38H24N4. The van der Waals surface area contributed by atoms with E-state index < -0.39 is 0 Å². The molecule has 42 heavy (non-hydrogen) atoms.